The van der Waals surface area contributed by atoms with Crippen LogP contribution in [0.3, 0.4) is 0 Å². The molecule has 0 radical (unpaired) electrons. The average Bonchev–Trinajstić information content (AvgIpc) is 2.89. The van der Waals surface area contributed by atoms with Crippen molar-refractivity contribution in [2.24, 2.45) is 23.9 Å². The van der Waals surface area contributed by atoms with Crippen molar-refractivity contribution in [2.45, 2.75) is 45.6 Å². The normalized spacial score (nSPS) is 22.6. The smallest absolute Gasteiger partial charge is 0.193 e. The molecule has 6 heteroatoms. The third-order valence-corrected chi connectivity index (χ3v) is 4.64. The molecule has 2 atom stereocenters. The van der Waals surface area contributed by atoms with Crippen molar-refractivity contribution in [3.05, 3.63) is 12.2 Å². The van der Waals surface area contributed by atoms with E-state index in [0.717, 1.165) is 30.2 Å². The fourth-order valence-corrected chi connectivity index (χ4v) is 3.35. The second kappa shape index (κ2) is 8.15. The van der Waals surface area contributed by atoms with E-state index in [-0.39, 0.29) is 0 Å². The van der Waals surface area contributed by atoms with Crippen LogP contribution in [-0.4, -0.2) is 46.3 Å². The number of nitrogens with one attached hydrogen (secondary N) is 1. The summed E-state index contributed by atoms with van der Waals surface area (Å²) in [6, 6.07) is 0. The van der Waals surface area contributed by atoms with Crippen LogP contribution in [0.15, 0.2) is 11.3 Å². The van der Waals surface area contributed by atoms with Gasteiger partial charge in [-0.05, 0) is 24.7 Å². The number of nitrogens with zero attached hydrogens (tertiary/aromatic N) is 5. The van der Waals surface area contributed by atoms with Crippen molar-refractivity contribution in [3.8, 4) is 0 Å². The molecule has 0 bridgehead atoms. The lowest BCUT2D eigenvalue weighted by Gasteiger charge is -2.27. The molecule has 124 valence electrons. The zero-order valence-corrected chi connectivity index (χ0v) is 14.4. The third kappa shape index (κ3) is 4.71. The zero-order chi connectivity index (χ0) is 15.9. The molecule has 1 aromatic rings. The summed E-state index contributed by atoms with van der Waals surface area (Å²) < 4.78 is 1.80. The van der Waals surface area contributed by atoms with Crippen molar-refractivity contribution < 1.29 is 0 Å². The summed E-state index contributed by atoms with van der Waals surface area (Å²) in [4.78, 5) is 10.7. The molecule has 0 saturated heterocycles. The van der Waals surface area contributed by atoms with Gasteiger partial charge >= 0.3 is 0 Å². The molecule has 1 N–H and O–H groups in total. The Morgan fingerprint density at radius 1 is 1.50 bits per heavy atom. The number of rotatable bonds is 5. The van der Waals surface area contributed by atoms with E-state index in [4.69, 9.17) is 0 Å². The van der Waals surface area contributed by atoms with Crippen LogP contribution in [0.2, 0.25) is 0 Å². The molecule has 1 saturated carbocycles. The summed E-state index contributed by atoms with van der Waals surface area (Å²) >= 11 is 0. The van der Waals surface area contributed by atoms with Crippen LogP contribution in [0.4, 0.5) is 0 Å². The summed E-state index contributed by atoms with van der Waals surface area (Å²) in [7, 11) is 5.78. The average molecular weight is 306 g/mol. The molecule has 22 heavy (non-hydrogen) atoms. The van der Waals surface area contributed by atoms with Gasteiger partial charge in [-0.2, -0.15) is 5.10 Å². The zero-order valence-electron chi connectivity index (χ0n) is 14.4. The Kier molecular flexibility index (Phi) is 6.21. The molecule has 0 amide bonds. The van der Waals surface area contributed by atoms with E-state index < -0.39 is 0 Å². The second-order valence-electron chi connectivity index (χ2n) is 6.56. The van der Waals surface area contributed by atoms with E-state index in [1.807, 2.05) is 21.1 Å². The van der Waals surface area contributed by atoms with Gasteiger partial charge in [0.15, 0.2) is 5.96 Å². The van der Waals surface area contributed by atoms with E-state index in [1.54, 1.807) is 11.0 Å². The minimum Gasteiger partial charge on any atom is -0.356 e. The molecule has 0 spiro atoms. The Hall–Kier alpha value is -1.59. The van der Waals surface area contributed by atoms with Gasteiger partial charge in [0.2, 0.25) is 0 Å². The van der Waals surface area contributed by atoms with Gasteiger partial charge in [0.25, 0.3) is 0 Å². The first-order chi connectivity index (χ1) is 10.6. The highest BCUT2D eigenvalue weighted by molar-refractivity contribution is 5.79. The van der Waals surface area contributed by atoms with Gasteiger partial charge in [-0.25, -0.2) is 4.98 Å². The maximum Gasteiger partial charge on any atom is 0.193 e. The van der Waals surface area contributed by atoms with Gasteiger partial charge in [-0.1, -0.05) is 26.2 Å². The lowest BCUT2D eigenvalue weighted by Crippen LogP contribution is -2.40. The van der Waals surface area contributed by atoms with Crippen molar-refractivity contribution in [1.82, 2.24) is 25.0 Å². The summed E-state index contributed by atoms with van der Waals surface area (Å²) in [6.45, 7) is 4.08. The fraction of sp³-hybridized carbons (Fsp3) is 0.812. The summed E-state index contributed by atoms with van der Waals surface area (Å²) in [5.74, 6) is 3.63. The number of hydrogen-bond donors (Lipinski definition) is 1. The molecule has 1 heterocycles. The van der Waals surface area contributed by atoms with Crippen LogP contribution in [0.25, 0.3) is 0 Å². The van der Waals surface area contributed by atoms with Crippen LogP contribution in [0.1, 0.15) is 44.9 Å². The van der Waals surface area contributed by atoms with E-state index in [2.05, 4.69) is 32.2 Å². The number of guanidine groups is 1. The highest BCUT2D eigenvalue weighted by Crippen LogP contribution is 2.30. The summed E-state index contributed by atoms with van der Waals surface area (Å²) in [5.41, 5.74) is 0. The molecule has 1 fully saturated rings. The topological polar surface area (TPSA) is 58.3 Å². The molecule has 0 aromatic carbocycles. The monoisotopic (exact) mass is 306 g/mol. The molecule has 2 unspecified atom stereocenters. The van der Waals surface area contributed by atoms with Gasteiger partial charge in [0.05, 0.1) is 6.54 Å². The van der Waals surface area contributed by atoms with Crippen LogP contribution >= 0.6 is 0 Å². The van der Waals surface area contributed by atoms with Crippen molar-refractivity contribution >= 4 is 5.96 Å². The minimum absolute atomic E-state index is 0.705. The molecule has 1 aliphatic carbocycles. The van der Waals surface area contributed by atoms with Crippen molar-refractivity contribution in [3.63, 3.8) is 0 Å². The number of hydrogen-bond acceptors (Lipinski definition) is 3. The van der Waals surface area contributed by atoms with E-state index in [0.29, 0.717) is 6.54 Å². The quantitative estimate of drug-likeness (QED) is 0.668. The standard InChI is InChI=1S/C16H30N6/c1-13-6-5-7-14(10-13)8-9-18-16(17-2)21(3)11-15-19-12-20-22(15)4/h12-14H,5-11H2,1-4H3,(H,17,18). The number of aliphatic imine (C=N–C) groups is 1. The van der Waals surface area contributed by atoms with Crippen LogP contribution in [0, 0.1) is 11.8 Å². The van der Waals surface area contributed by atoms with E-state index in [1.165, 1.54) is 32.1 Å². The number of aromatic nitrogens is 3. The minimum atomic E-state index is 0.705. The molecule has 6 nitrogen and oxygen atoms in total. The van der Waals surface area contributed by atoms with Gasteiger partial charge in [-0.3, -0.25) is 9.67 Å². The highest BCUT2D eigenvalue weighted by atomic mass is 15.4. The van der Waals surface area contributed by atoms with Gasteiger partial charge in [0, 0.05) is 27.7 Å². The first kappa shape index (κ1) is 16.8. The first-order valence-electron chi connectivity index (χ1n) is 8.34. The molecule has 2 rings (SSSR count). The predicted octanol–water partition coefficient (Wildman–Crippen LogP) is 2.04. The molecular weight excluding hydrogens is 276 g/mol. The Bertz CT molecular complexity index is 481. The van der Waals surface area contributed by atoms with Crippen LogP contribution in [0.5, 0.6) is 0 Å². The van der Waals surface area contributed by atoms with Crippen LogP contribution < -0.4 is 5.32 Å². The predicted molar refractivity (Wildman–Crippen MR) is 89.6 cm³/mol. The van der Waals surface area contributed by atoms with Gasteiger partial charge < -0.3 is 10.2 Å². The Labute approximate surface area is 134 Å². The maximum atomic E-state index is 4.37. The van der Waals surface area contributed by atoms with E-state index >= 15 is 0 Å². The SMILES string of the molecule is CN=C(NCCC1CCCC(C)C1)N(C)Cc1ncnn1C. The van der Waals surface area contributed by atoms with Crippen molar-refractivity contribution in [2.75, 3.05) is 20.6 Å². The number of aryl methyl sites for hydroxylation is 1. The fourth-order valence-electron chi connectivity index (χ4n) is 3.35. The lowest BCUT2D eigenvalue weighted by molar-refractivity contribution is 0.269. The van der Waals surface area contributed by atoms with Crippen molar-refractivity contribution in [1.29, 1.82) is 0 Å². The highest BCUT2D eigenvalue weighted by Gasteiger charge is 2.18. The Morgan fingerprint density at radius 2 is 2.32 bits per heavy atom. The second-order valence-corrected chi connectivity index (χ2v) is 6.56. The lowest BCUT2D eigenvalue weighted by atomic mass is 9.81. The molecule has 0 aliphatic heterocycles. The van der Waals surface area contributed by atoms with E-state index in [9.17, 15) is 0 Å². The molecular formula is C16H30N6. The maximum absolute atomic E-state index is 4.37. The summed E-state index contributed by atoms with van der Waals surface area (Å²) in [6.07, 6.45) is 8.40. The first-order valence-corrected chi connectivity index (χ1v) is 8.34. The Morgan fingerprint density at radius 3 is 2.95 bits per heavy atom. The Balaban J connectivity index is 1.76. The van der Waals surface area contributed by atoms with Crippen LogP contribution in [-0.2, 0) is 13.6 Å². The molecule has 1 aliphatic rings. The third-order valence-electron chi connectivity index (χ3n) is 4.64. The van der Waals surface area contributed by atoms with Gasteiger partial charge in [-0.15, -0.1) is 0 Å². The largest absolute Gasteiger partial charge is 0.356 e. The van der Waals surface area contributed by atoms with Gasteiger partial charge in [0.1, 0.15) is 12.2 Å². The molecule has 1 aromatic heterocycles. The summed E-state index contributed by atoms with van der Waals surface area (Å²) in [5, 5.41) is 7.59.